The predicted octanol–water partition coefficient (Wildman–Crippen LogP) is 4.40. The number of amides is 1. The number of carbonyl (C=O) groups is 1. The molecule has 7 nitrogen and oxygen atoms in total. The highest BCUT2D eigenvalue weighted by molar-refractivity contribution is 5.91. The minimum Gasteiger partial charge on any atom is -0.308 e. The number of halogens is 4. The van der Waals surface area contributed by atoms with E-state index in [0.29, 0.717) is 11.3 Å². The van der Waals surface area contributed by atoms with Crippen LogP contribution in [0.4, 0.5) is 23.4 Å². The summed E-state index contributed by atoms with van der Waals surface area (Å²) < 4.78 is 57.1. The fourth-order valence-corrected chi connectivity index (χ4v) is 3.65. The summed E-state index contributed by atoms with van der Waals surface area (Å²) in [5.74, 6) is -0.658. The van der Waals surface area contributed by atoms with E-state index < -0.39 is 17.6 Å². The summed E-state index contributed by atoms with van der Waals surface area (Å²) in [5, 5.41) is 10.9. The molecule has 33 heavy (non-hydrogen) atoms. The number of alkyl halides is 3. The average molecular weight is 460 g/mol. The number of aryl methyl sites for hydroxylation is 3. The molecular formula is C22H20F4N6O. The van der Waals surface area contributed by atoms with Gasteiger partial charge in [-0.25, -0.2) is 14.1 Å². The molecule has 4 rings (SSSR count). The summed E-state index contributed by atoms with van der Waals surface area (Å²) in [6.07, 6.45) is -4.57. The van der Waals surface area contributed by atoms with Gasteiger partial charge in [0.25, 0.3) is 0 Å². The summed E-state index contributed by atoms with van der Waals surface area (Å²) >= 11 is 0. The smallest absolute Gasteiger partial charge is 0.308 e. The lowest BCUT2D eigenvalue weighted by Crippen LogP contribution is -2.20. The third-order valence-corrected chi connectivity index (χ3v) is 5.13. The van der Waals surface area contributed by atoms with Crippen molar-refractivity contribution in [3.63, 3.8) is 0 Å². The lowest BCUT2D eigenvalue weighted by molar-refractivity contribution is -0.136. The maximum absolute atomic E-state index is 13.9. The van der Waals surface area contributed by atoms with Crippen LogP contribution in [-0.2, 0) is 24.1 Å². The van der Waals surface area contributed by atoms with Crippen molar-refractivity contribution in [1.29, 1.82) is 0 Å². The van der Waals surface area contributed by atoms with Gasteiger partial charge in [-0.3, -0.25) is 9.48 Å². The van der Waals surface area contributed by atoms with Gasteiger partial charge in [0.15, 0.2) is 11.5 Å². The summed E-state index contributed by atoms with van der Waals surface area (Å²) in [7, 11) is 0. The first-order chi connectivity index (χ1) is 15.5. The molecule has 1 amide bonds. The van der Waals surface area contributed by atoms with Crippen LogP contribution in [0.2, 0.25) is 0 Å². The molecule has 0 spiro atoms. The molecule has 1 N–H and O–H groups in total. The number of aromatic nitrogens is 5. The maximum Gasteiger partial charge on any atom is 0.417 e. The minimum absolute atomic E-state index is 0.0174. The fraction of sp³-hybridized carbons (Fsp3) is 0.273. The van der Waals surface area contributed by atoms with Crippen LogP contribution in [0.15, 0.2) is 36.4 Å². The van der Waals surface area contributed by atoms with Crippen molar-refractivity contribution >= 4 is 22.8 Å². The molecule has 0 aliphatic rings. The normalized spacial score (nSPS) is 11.8. The van der Waals surface area contributed by atoms with E-state index in [1.165, 1.54) is 19.9 Å². The number of rotatable bonds is 5. The summed E-state index contributed by atoms with van der Waals surface area (Å²) in [5.41, 5.74) is 0.581. The molecule has 0 unspecified atom stereocenters. The topological polar surface area (TPSA) is 77.6 Å². The molecule has 3 aromatic heterocycles. The molecule has 0 bridgehead atoms. The van der Waals surface area contributed by atoms with Gasteiger partial charge in [0.05, 0.1) is 23.2 Å². The zero-order chi connectivity index (χ0) is 23.9. The Bertz CT molecular complexity index is 1360. The monoisotopic (exact) mass is 460 g/mol. The summed E-state index contributed by atoms with van der Waals surface area (Å²) in [4.78, 5) is 16.8. The second-order valence-electron chi connectivity index (χ2n) is 7.72. The Hall–Kier alpha value is -3.76. The number of hydrogen-bond acceptors (Lipinski definition) is 4. The van der Waals surface area contributed by atoms with Crippen LogP contribution in [0.1, 0.15) is 28.2 Å². The van der Waals surface area contributed by atoms with E-state index in [-0.39, 0.29) is 47.1 Å². The predicted molar refractivity (Wildman–Crippen MR) is 113 cm³/mol. The third-order valence-electron chi connectivity index (χ3n) is 5.13. The van der Waals surface area contributed by atoms with E-state index in [4.69, 9.17) is 0 Å². The lowest BCUT2D eigenvalue weighted by atomic mass is 10.1. The highest BCUT2D eigenvalue weighted by atomic mass is 19.4. The molecule has 3 heterocycles. The summed E-state index contributed by atoms with van der Waals surface area (Å²) in [6.45, 7) is 4.49. The first-order valence-electron chi connectivity index (χ1n) is 10.0. The van der Waals surface area contributed by atoms with Gasteiger partial charge in [0.2, 0.25) is 5.91 Å². The van der Waals surface area contributed by atoms with E-state index in [1.54, 1.807) is 35.9 Å². The van der Waals surface area contributed by atoms with Gasteiger partial charge in [-0.05, 0) is 32.9 Å². The molecule has 0 saturated carbocycles. The Morgan fingerprint density at radius 3 is 2.48 bits per heavy atom. The van der Waals surface area contributed by atoms with E-state index in [1.807, 2.05) is 0 Å². The Morgan fingerprint density at radius 2 is 1.79 bits per heavy atom. The van der Waals surface area contributed by atoms with Gasteiger partial charge >= 0.3 is 6.18 Å². The van der Waals surface area contributed by atoms with Crippen LogP contribution >= 0.6 is 0 Å². The Labute approximate surface area is 186 Å². The van der Waals surface area contributed by atoms with Crippen molar-refractivity contribution in [1.82, 2.24) is 24.5 Å². The van der Waals surface area contributed by atoms with Crippen LogP contribution in [0.5, 0.6) is 0 Å². The SMILES string of the molecule is Cc1cc(C(F)(F)F)c2c(C)nn(CC(=O)Nc3cc(C)n(Cc4ccccc4F)n3)c2n1. The number of fused-ring (bicyclic) bond motifs is 1. The van der Waals surface area contributed by atoms with Gasteiger partial charge in [0, 0.05) is 23.0 Å². The lowest BCUT2D eigenvalue weighted by Gasteiger charge is -2.10. The highest BCUT2D eigenvalue weighted by Crippen LogP contribution is 2.36. The first kappa shape index (κ1) is 22.4. The van der Waals surface area contributed by atoms with Gasteiger partial charge < -0.3 is 5.32 Å². The fourth-order valence-electron chi connectivity index (χ4n) is 3.65. The third kappa shape index (κ3) is 4.57. The van der Waals surface area contributed by atoms with Crippen molar-refractivity contribution in [3.05, 3.63) is 70.4 Å². The van der Waals surface area contributed by atoms with Crippen LogP contribution in [-0.4, -0.2) is 30.5 Å². The zero-order valence-corrected chi connectivity index (χ0v) is 18.0. The van der Waals surface area contributed by atoms with E-state index in [9.17, 15) is 22.4 Å². The van der Waals surface area contributed by atoms with Crippen molar-refractivity contribution in [3.8, 4) is 0 Å². The van der Waals surface area contributed by atoms with Gasteiger partial charge in [0.1, 0.15) is 12.4 Å². The molecule has 0 aliphatic carbocycles. The largest absolute Gasteiger partial charge is 0.417 e. The molecule has 172 valence electrons. The average Bonchev–Trinajstić information content (AvgIpc) is 3.21. The Morgan fingerprint density at radius 1 is 1.06 bits per heavy atom. The van der Waals surface area contributed by atoms with Crippen LogP contribution in [0, 0.1) is 26.6 Å². The number of nitrogens with one attached hydrogen (secondary N) is 1. The number of hydrogen-bond donors (Lipinski definition) is 1. The van der Waals surface area contributed by atoms with E-state index in [0.717, 1.165) is 10.7 Å². The number of benzene rings is 1. The standard InChI is InChI=1S/C22H20F4N6O/c1-12-8-16(22(24,25)26)20-14(3)29-32(21(20)27-12)11-19(33)28-18-9-13(2)31(30-18)10-15-6-4-5-7-17(15)23/h4-9H,10-11H2,1-3H3,(H,28,30,33). The van der Waals surface area contributed by atoms with E-state index in [2.05, 4.69) is 20.5 Å². The van der Waals surface area contributed by atoms with Crippen LogP contribution in [0.3, 0.4) is 0 Å². The van der Waals surface area contributed by atoms with Gasteiger partial charge in [-0.15, -0.1) is 0 Å². The summed E-state index contributed by atoms with van der Waals surface area (Å²) in [6, 6.07) is 8.89. The number of anilines is 1. The van der Waals surface area contributed by atoms with Crippen molar-refractivity contribution < 1.29 is 22.4 Å². The van der Waals surface area contributed by atoms with Crippen molar-refractivity contribution in [2.75, 3.05) is 5.32 Å². The number of pyridine rings is 1. The van der Waals surface area contributed by atoms with Crippen LogP contribution in [0.25, 0.3) is 11.0 Å². The molecule has 0 aliphatic heterocycles. The zero-order valence-electron chi connectivity index (χ0n) is 18.0. The van der Waals surface area contributed by atoms with Crippen LogP contribution < -0.4 is 5.32 Å². The molecule has 0 radical (unpaired) electrons. The highest BCUT2D eigenvalue weighted by Gasteiger charge is 2.35. The second kappa shape index (κ2) is 8.30. The first-order valence-corrected chi connectivity index (χ1v) is 10.0. The maximum atomic E-state index is 13.9. The molecule has 1 aromatic carbocycles. The van der Waals surface area contributed by atoms with Gasteiger partial charge in [-0.2, -0.15) is 23.4 Å². The number of carbonyl (C=O) groups excluding carboxylic acids is 1. The Kier molecular flexibility index (Phi) is 5.64. The minimum atomic E-state index is -4.57. The van der Waals surface area contributed by atoms with E-state index >= 15 is 0 Å². The van der Waals surface area contributed by atoms with Gasteiger partial charge in [-0.1, -0.05) is 18.2 Å². The number of nitrogens with zero attached hydrogens (tertiary/aromatic N) is 5. The van der Waals surface area contributed by atoms with Crippen molar-refractivity contribution in [2.24, 2.45) is 0 Å². The quantitative estimate of drug-likeness (QED) is 0.448. The second-order valence-corrected chi connectivity index (χ2v) is 7.72. The molecule has 0 fully saturated rings. The molecule has 11 heteroatoms. The molecular weight excluding hydrogens is 440 g/mol. The Balaban J connectivity index is 1.55. The molecule has 4 aromatic rings. The molecule has 0 saturated heterocycles. The van der Waals surface area contributed by atoms with Crippen molar-refractivity contribution in [2.45, 2.75) is 40.0 Å². The molecule has 0 atom stereocenters.